The highest BCUT2D eigenvalue weighted by Gasteiger charge is 2.27. The van der Waals surface area contributed by atoms with Gasteiger partial charge < -0.3 is 5.11 Å². The van der Waals surface area contributed by atoms with Gasteiger partial charge in [-0.1, -0.05) is 24.3 Å². The number of piperidine rings is 1. The molecule has 1 N–H and O–H groups in total. The number of carboxylic acid groups (broad SMARTS) is 1. The second-order valence-corrected chi connectivity index (χ2v) is 6.31. The fourth-order valence-electron chi connectivity index (χ4n) is 3.42. The lowest BCUT2D eigenvalue weighted by Crippen LogP contribution is -2.36. The summed E-state index contributed by atoms with van der Waals surface area (Å²) in [5, 5.41) is 8.95. The summed E-state index contributed by atoms with van der Waals surface area (Å²) in [5.74, 6) is 0.454. The Labute approximate surface area is 120 Å². The van der Waals surface area contributed by atoms with Gasteiger partial charge in [0.2, 0.25) is 0 Å². The summed E-state index contributed by atoms with van der Waals surface area (Å²) < 4.78 is 0. The van der Waals surface area contributed by atoms with Crippen molar-refractivity contribution in [2.24, 2.45) is 5.92 Å². The number of aliphatic carboxylic acids is 1. The van der Waals surface area contributed by atoms with Gasteiger partial charge in [-0.2, -0.15) is 0 Å². The molecule has 1 heterocycles. The van der Waals surface area contributed by atoms with E-state index in [0.29, 0.717) is 12.3 Å². The highest BCUT2D eigenvalue weighted by atomic mass is 16.4. The Balaban J connectivity index is 1.63. The molecule has 0 bridgehead atoms. The van der Waals surface area contributed by atoms with Gasteiger partial charge in [-0.25, -0.2) is 0 Å². The third-order valence-electron chi connectivity index (χ3n) is 4.53. The predicted molar refractivity (Wildman–Crippen MR) is 78.7 cm³/mol. The van der Waals surface area contributed by atoms with Crippen LogP contribution < -0.4 is 0 Å². The number of hydrogen-bond donors (Lipinski definition) is 1. The molecule has 1 unspecified atom stereocenters. The first kappa shape index (κ1) is 13.6. The van der Waals surface area contributed by atoms with Crippen molar-refractivity contribution >= 4 is 5.97 Å². The topological polar surface area (TPSA) is 40.5 Å². The molecule has 2 aliphatic rings. The van der Waals surface area contributed by atoms with Crippen molar-refractivity contribution in [2.75, 3.05) is 13.1 Å². The van der Waals surface area contributed by atoms with Crippen LogP contribution >= 0.6 is 0 Å². The number of nitrogens with zero attached hydrogens (tertiary/aromatic N) is 1. The van der Waals surface area contributed by atoms with E-state index >= 15 is 0 Å². The highest BCUT2D eigenvalue weighted by Crippen LogP contribution is 2.42. The van der Waals surface area contributed by atoms with Crippen molar-refractivity contribution in [3.05, 3.63) is 35.4 Å². The van der Waals surface area contributed by atoms with Crippen LogP contribution in [0.1, 0.15) is 49.1 Å². The number of likely N-dealkylation sites (tertiary alicyclic amines) is 1. The molecule has 2 fully saturated rings. The van der Waals surface area contributed by atoms with Crippen LogP contribution in [0.5, 0.6) is 0 Å². The van der Waals surface area contributed by atoms with Gasteiger partial charge >= 0.3 is 5.97 Å². The predicted octanol–water partition coefficient (Wildman–Crippen LogP) is 3.25. The summed E-state index contributed by atoms with van der Waals surface area (Å²) in [5.41, 5.74) is 2.97. The second-order valence-electron chi connectivity index (χ2n) is 6.31. The first-order valence-corrected chi connectivity index (χ1v) is 7.74. The summed E-state index contributed by atoms with van der Waals surface area (Å²) in [4.78, 5) is 13.3. The van der Waals surface area contributed by atoms with Crippen LogP contribution in [0.25, 0.3) is 0 Å². The molecule has 1 atom stereocenters. The fourth-order valence-corrected chi connectivity index (χ4v) is 3.42. The van der Waals surface area contributed by atoms with Crippen molar-refractivity contribution in [3.8, 4) is 0 Å². The van der Waals surface area contributed by atoms with Crippen LogP contribution in [0.15, 0.2) is 24.3 Å². The van der Waals surface area contributed by atoms with E-state index in [1.165, 1.54) is 24.0 Å². The Bertz CT molecular complexity index is 482. The van der Waals surface area contributed by atoms with Gasteiger partial charge in [0.25, 0.3) is 0 Å². The van der Waals surface area contributed by atoms with Gasteiger partial charge in [0.05, 0.1) is 0 Å². The van der Waals surface area contributed by atoms with Gasteiger partial charge in [0.1, 0.15) is 0 Å². The molecule has 20 heavy (non-hydrogen) atoms. The lowest BCUT2D eigenvalue weighted by atomic mass is 9.94. The van der Waals surface area contributed by atoms with Gasteiger partial charge in [0, 0.05) is 19.5 Å². The molecule has 1 aromatic rings. The van der Waals surface area contributed by atoms with E-state index in [1.54, 1.807) is 0 Å². The fraction of sp³-hybridized carbons (Fsp3) is 0.588. The van der Waals surface area contributed by atoms with E-state index < -0.39 is 5.97 Å². The molecule has 1 aliphatic carbocycles. The van der Waals surface area contributed by atoms with Crippen LogP contribution in [-0.4, -0.2) is 29.1 Å². The van der Waals surface area contributed by atoms with E-state index in [0.717, 1.165) is 38.4 Å². The maximum atomic E-state index is 10.9. The minimum absolute atomic E-state index is 0.320. The summed E-state index contributed by atoms with van der Waals surface area (Å²) in [6.07, 6.45) is 5.18. The molecular formula is C17H23NO2. The Morgan fingerprint density at radius 1 is 1.25 bits per heavy atom. The SMILES string of the molecule is O=C(O)CC1CCCN(Cc2ccccc2C2CC2)C1. The van der Waals surface area contributed by atoms with E-state index in [-0.39, 0.29) is 0 Å². The van der Waals surface area contributed by atoms with Crippen molar-refractivity contribution in [3.63, 3.8) is 0 Å². The third-order valence-corrected chi connectivity index (χ3v) is 4.53. The average Bonchev–Trinajstić information content (AvgIpc) is 3.23. The normalized spacial score (nSPS) is 23.7. The van der Waals surface area contributed by atoms with Gasteiger partial charge in [0.15, 0.2) is 0 Å². The zero-order valence-corrected chi connectivity index (χ0v) is 11.9. The molecule has 0 aromatic heterocycles. The van der Waals surface area contributed by atoms with Crippen molar-refractivity contribution < 1.29 is 9.90 Å². The zero-order chi connectivity index (χ0) is 13.9. The lowest BCUT2D eigenvalue weighted by molar-refractivity contribution is -0.138. The molecule has 0 spiro atoms. The quantitative estimate of drug-likeness (QED) is 0.895. The molecule has 3 heteroatoms. The maximum absolute atomic E-state index is 10.9. The number of benzene rings is 1. The summed E-state index contributed by atoms with van der Waals surface area (Å²) in [7, 11) is 0. The van der Waals surface area contributed by atoms with Gasteiger partial charge in [-0.05, 0) is 55.2 Å². The van der Waals surface area contributed by atoms with Crippen LogP contribution in [-0.2, 0) is 11.3 Å². The molecule has 3 rings (SSSR count). The van der Waals surface area contributed by atoms with E-state index in [4.69, 9.17) is 5.11 Å². The van der Waals surface area contributed by atoms with E-state index in [9.17, 15) is 4.79 Å². The van der Waals surface area contributed by atoms with Crippen LogP contribution in [0, 0.1) is 5.92 Å². The Kier molecular flexibility index (Phi) is 4.06. The highest BCUT2D eigenvalue weighted by molar-refractivity contribution is 5.67. The molecule has 1 aromatic carbocycles. The van der Waals surface area contributed by atoms with Crippen molar-refractivity contribution in [1.82, 2.24) is 4.90 Å². The number of carbonyl (C=O) groups is 1. The maximum Gasteiger partial charge on any atom is 0.303 e. The Hall–Kier alpha value is -1.35. The summed E-state index contributed by atoms with van der Waals surface area (Å²) >= 11 is 0. The molecule has 1 saturated heterocycles. The molecule has 1 saturated carbocycles. The van der Waals surface area contributed by atoms with Crippen LogP contribution in [0.3, 0.4) is 0 Å². The summed E-state index contributed by atoms with van der Waals surface area (Å²) in [6.45, 7) is 3.03. The van der Waals surface area contributed by atoms with E-state index in [2.05, 4.69) is 29.2 Å². The molecule has 0 radical (unpaired) electrons. The monoisotopic (exact) mass is 273 g/mol. The average molecular weight is 273 g/mol. The number of hydrogen-bond acceptors (Lipinski definition) is 2. The molecule has 3 nitrogen and oxygen atoms in total. The third kappa shape index (κ3) is 3.40. The van der Waals surface area contributed by atoms with Crippen LogP contribution in [0.4, 0.5) is 0 Å². The first-order valence-electron chi connectivity index (χ1n) is 7.74. The minimum atomic E-state index is -0.657. The van der Waals surface area contributed by atoms with E-state index in [1.807, 2.05) is 0 Å². The molecule has 1 aliphatic heterocycles. The molecule has 0 amide bonds. The van der Waals surface area contributed by atoms with Gasteiger partial charge in [-0.15, -0.1) is 0 Å². The number of carboxylic acids is 1. The lowest BCUT2D eigenvalue weighted by Gasteiger charge is -2.32. The van der Waals surface area contributed by atoms with Crippen molar-refractivity contribution in [1.29, 1.82) is 0 Å². The molecule has 108 valence electrons. The smallest absolute Gasteiger partial charge is 0.303 e. The first-order chi connectivity index (χ1) is 9.72. The Morgan fingerprint density at radius 3 is 2.80 bits per heavy atom. The standard InChI is InChI=1S/C17H23NO2/c19-17(20)10-13-4-3-9-18(11-13)12-15-5-1-2-6-16(15)14-7-8-14/h1-2,5-6,13-14H,3-4,7-12H2,(H,19,20). The molecular weight excluding hydrogens is 250 g/mol. The zero-order valence-electron chi connectivity index (χ0n) is 11.9. The van der Waals surface area contributed by atoms with Crippen molar-refractivity contribution in [2.45, 2.75) is 44.6 Å². The number of rotatable bonds is 5. The van der Waals surface area contributed by atoms with Gasteiger partial charge in [-0.3, -0.25) is 9.69 Å². The summed E-state index contributed by atoms with van der Waals surface area (Å²) in [6, 6.07) is 8.78. The minimum Gasteiger partial charge on any atom is -0.481 e. The second kappa shape index (κ2) is 5.96. The van der Waals surface area contributed by atoms with Crippen LogP contribution in [0.2, 0.25) is 0 Å². The Morgan fingerprint density at radius 2 is 2.05 bits per heavy atom. The largest absolute Gasteiger partial charge is 0.481 e.